The molecule has 7 nitrogen and oxygen atoms in total. The Kier molecular flexibility index (Phi) is 7.47. The maximum absolute atomic E-state index is 12.8. The van der Waals surface area contributed by atoms with Crippen molar-refractivity contribution in [1.82, 2.24) is 9.88 Å². The number of carbonyl (C=O) groups is 1. The SMILES string of the molecule is CCCC(=O)N(CCCN1CCOCC1)c1nc2c(OC)ccc(OC)c2s1. The number of nitrogens with zero attached hydrogens (tertiary/aromatic N) is 3. The van der Waals surface area contributed by atoms with E-state index < -0.39 is 0 Å². The van der Waals surface area contributed by atoms with Crippen molar-refractivity contribution in [2.45, 2.75) is 26.2 Å². The standard InChI is InChI=1S/C20H29N3O4S/c1-4-6-17(24)23(10-5-9-22-11-13-27-14-12-22)20-21-18-15(25-2)7-8-16(26-3)19(18)28-20/h7-8H,4-6,9-14H2,1-3H3. The number of benzene rings is 1. The van der Waals surface area contributed by atoms with Crippen molar-refractivity contribution in [3.8, 4) is 11.5 Å². The molecule has 3 rings (SSSR count). The van der Waals surface area contributed by atoms with Gasteiger partial charge in [-0.2, -0.15) is 0 Å². The Hall–Kier alpha value is -1.90. The molecular weight excluding hydrogens is 378 g/mol. The smallest absolute Gasteiger partial charge is 0.228 e. The fourth-order valence-corrected chi connectivity index (χ4v) is 4.46. The van der Waals surface area contributed by atoms with Gasteiger partial charge in [-0.15, -0.1) is 0 Å². The maximum atomic E-state index is 12.8. The topological polar surface area (TPSA) is 64.1 Å². The predicted molar refractivity (Wildman–Crippen MR) is 112 cm³/mol. The number of anilines is 1. The van der Waals surface area contributed by atoms with Crippen molar-refractivity contribution in [1.29, 1.82) is 0 Å². The summed E-state index contributed by atoms with van der Waals surface area (Å²) in [6.45, 7) is 7.12. The van der Waals surface area contributed by atoms with E-state index in [-0.39, 0.29) is 5.91 Å². The second-order valence-electron chi connectivity index (χ2n) is 6.75. The average Bonchev–Trinajstić information content (AvgIpc) is 3.16. The van der Waals surface area contributed by atoms with Crippen LogP contribution in [0.3, 0.4) is 0 Å². The van der Waals surface area contributed by atoms with Crippen molar-refractivity contribution in [2.75, 3.05) is 58.5 Å². The zero-order valence-corrected chi connectivity index (χ0v) is 17.7. The monoisotopic (exact) mass is 407 g/mol. The molecule has 1 aromatic carbocycles. The molecule has 1 amide bonds. The summed E-state index contributed by atoms with van der Waals surface area (Å²) >= 11 is 1.48. The Morgan fingerprint density at radius 1 is 1.25 bits per heavy atom. The van der Waals surface area contributed by atoms with Crippen molar-refractivity contribution in [3.63, 3.8) is 0 Å². The zero-order valence-electron chi connectivity index (χ0n) is 16.9. The van der Waals surface area contributed by atoms with E-state index in [1.807, 2.05) is 24.0 Å². The van der Waals surface area contributed by atoms with Crippen LogP contribution in [-0.2, 0) is 9.53 Å². The molecule has 2 heterocycles. The van der Waals surface area contributed by atoms with E-state index in [4.69, 9.17) is 19.2 Å². The van der Waals surface area contributed by atoms with E-state index in [0.29, 0.717) is 23.8 Å². The number of rotatable bonds is 9. The first-order chi connectivity index (χ1) is 13.7. The van der Waals surface area contributed by atoms with Crippen LogP contribution in [0.15, 0.2) is 12.1 Å². The minimum absolute atomic E-state index is 0.112. The summed E-state index contributed by atoms with van der Waals surface area (Å²) in [7, 11) is 3.27. The number of hydrogen-bond donors (Lipinski definition) is 0. The molecule has 1 saturated heterocycles. The molecule has 0 atom stereocenters. The molecule has 0 unspecified atom stereocenters. The summed E-state index contributed by atoms with van der Waals surface area (Å²) in [6, 6.07) is 3.72. The minimum Gasteiger partial charge on any atom is -0.495 e. The highest BCUT2D eigenvalue weighted by molar-refractivity contribution is 7.22. The number of thiazole rings is 1. The van der Waals surface area contributed by atoms with Gasteiger partial charge >= 0.3 is 0 Å². The first-order valence-corrected chi connectivity index (χ1v) is 10.6. The lowest BCUT2D eigenvalue weighted by Gasteiger charge is -2.27. The van der Waals surface area contributed by atoms with Crippen LogP contribution in [-0.4, -0.2) is 69.4 Å². The van der Waals surface area contributed by atoms with E-state index in [2.05, 4.69) is 4.90 Å². The van der Waals surface area contributed by atoms with Gasteiger partial charge < -0.3 is 14.2 Å². The summed E-state index contributed by atoms with van der Waals surface area (Å²) in [5.41, 5.74) is 0.740. The van der Waals surface area contributed by atoms with Crippen LogP contribution in [0, 0.1) is 0 Å². The zero-order chi connectivity index (χ0) is 19.9. The van der Waals surface area contributed by atoms with Crippen LogP contribution in [0.4, 0.5) is 5.13 Å². The third-order valence-electron chi connectivity index (χ3n) is 4.85. The second kappa shape index (κ2) is 10.0. The highest BCUT2D eigenvalue weighted by atomic mass is 32.1. The van der Waals surface area contributed by atoms with Crippen molar-refractivity contribution < 1.29 is 19.0 Å². The Morgan fingerprint density at radius 3 is 2.64 bits per heavy atom. The summed E-state index contributed by atoms with van der Waals surface area (Å²) < 4.78 is 17.2. The number of fused-ring (bicyclic) bond motifs is 1. The van der Waals surface area contributed by atoms with Crippen LogP contribution in [0.2, 0.25) is 0 Å². The Bertz CT molecular complexity index is 748. The summed E-state index contributed by atoms with van der Waals surface area (Å²) in [4.78, 5) is 21.8. The van der Waals surface area contributed by atoms with Gasteiger partial charge in [-0.3, -0.25) is 14.6 Å². The average molecular weight is 408 g/mol. The van der Waals surface area contributed by atoms with Crippen LogP contribution in [0.1, 0.15) is 26.2 Å². The maximum Gasteiger partial charge on any atom is 0.228 e. The molecule has 0 bridgehead atoms. The number of amides is 1. The van der Waals surface area contributed by atoms with Gasteiger partial charge in [-0.25, -0.2) is 4.98 Å². The van der Waals surface area contributed by atoms with E-state index >= 15 is 0 Å². The van der Waals surface area contributed by atoms with Gasteiger partial charge in [0.1, 0.15) is 21.7 Å². The molecule has 1 aliphatic heterocycles. The highest BCUT2D eigenvalue weighted by Gasteiger charge is 2.22. The highest BCUT2D eigenvalue weighted by Crippen LogP contribution is 2.40. The van der Waals surface area contributed by atoms with Crippen molar-refractivity contribution in [2.24, 2.45) is 0 Å². The van der Waals surface area contributed by atoms with Gasteiger partial charge in [0.15, 0.2) is 5.13 Å². The Labute approximate surface area is 170 Å². The number of carbonyl (C=O) groups excluding carboxylic acids is 1. The fraction of sp³-hybridized carbons (Fsp3) is 0.600. The van der Waals surface area contributed by atoms with Gasteiger partial charge in [-0.1, -0.05) is 18.3 Å². The van der Waals surface area contributed by atoms with Gasteiger partial charge in [0.25, 0.3) is 0 Å². The molecule has 8 heteroatoms. The van der Waals surface area contributed by atoms with Crippen LogP contribution < -0.4 is 14.4 Å². The first-order valence-electron chi connectivity index (χ1n) is 9.80. The number of methoxy groups -OCH3 is 2. The number of hydrogen-bond acceptors (Lipinski definition) is 7. The number of morpholine rings is 1. The van der Waals surface area contributed by atoms with Crippen LogP contribution >= 0.6 is 11.3 Å². The number of ether oxygens (including phenoxy) is 3. The van der Waals surface area contributed by atoms with E-state index in [1.165, 1.54) is 11.3 Å². The molecule has 0 saturated carbocycles. The third kappa shape index (κ3) is 4.74. The van der Waals surface area contributed by atoms with Gasteiger partial charge in [-0.05, 0) is 25.0 Å². The molecule has 0 spiro atoms. The molecule has 1 fully saturated rings. The molecule has 0 N–H and O–H groups in total. The molecular formula is C20H29N3O4S. The molecule has 0 radical (unpaired) electrons. The van der Waals surface area contributed by atoms with E-state index in [9.17, 15) is 4.79 Å². The lowest BCUT2D eigenvalue weighted by Crippen LogP contribution is -2.39. The first kappa shape index (κ1) is 20.8. The van der Waals surface area contributed by atoms with E-state index in [0.717, 1.165) is 61.7 Å². The molecule has 1 aliphatic rings. The summed E-state index contributed by atoms with van der Waals surface area (Å²) in [5.74, 6) is 1.55. The molecule has 1 aromatic heterocycles. The summed E-state index contributed by atoms with van der Waals surface area (Å²) in [6.07, 6.45) is 2.23. The van der Waals surface area contributed by atoms with Crippen molar-refractivity contribution >= 4 is 32.6 Å². The largest absolute Gasteiger partial charge is 0.495 e. The third-order valence-corrected chi connectivity index (χ3v) is 5.95. The van der Waals surface area contributed by atoms with Crippen LogP contribution in [0.5, 0.6) is 11.5 Å². The molecule has 0 aliphatic carbocycles. The fourth-order valence-electron chi connectivity index (χ4n) is 3.34. The van der Waals surface area contributed by atoms with Crippen molar-refractivity contribution in [3.05, 3.63) is 12.1 Å². The Balaban J connectivity index is 1.81. The van der Waals surface area contributed by atoms with Gasteiger partial charge in [0.2, 0.25) is 5.91 Å². The molecule has 2 aromatic rings. The van der Waals surface area contributed by atoms with Gasteiger partial charge in [0.05, 0.1) is 27.4 Å². The quantitative estimate of drug-likeness (QED) is 0.636. The van der Waals surface area contributed by atoms with Crippen LogP contribution in [0.25, 0.3) is 10.2 Å². The predicted octanol–water partition coefficient (Wildman–Crippen LogP) is 3.17. The molecule has 28 heavy (non-hydrogen) atoms. The second-order valence-corrected chi connectivity index (χ2v) is 7.72. The van der Waals surface area contributed by atoms with Gasteiger partial charge in [0, 0.05) is 32.6 Å². The minimum atomic E-state index is 0.112. The molecule has 154 valence electrons. The Morgan fingerprint density at radius 2 is 1.96 bits per heavy atom. The lowest BCUT2D eigenvalue weighted by molar-refractivity contribution is -0.118. The normalized spacial score (nSPS) is 15.0. The number of aromatic nitrogens is 1. The van der Waals surface area contributed by atoms with E-state index in [1.54, 1.807) is 14.2 Å². The lowest BCUT2D eigenvalue weighted by atomic mass is 10.2. The summed E-state index contributed by atoms with van der Waals surface area (Å²) in [5, 5.41) is 0.707.